The lowest BCUT2D eigenvalue weighted by Gasteiger charge is -2.18. The third-order valence-corrected chi connectivity index (χ3v) is 3.61. The van der Waals surface area contributed by atoms with Crippen LogP contribution in [0.3, 0.4) is 0 Å². The zero-order valence-electron chi connectivity index (χ0n) is 14.6. The first kappa shape index (κ1) is 19.3. The predicted molar refractivity (Wildman–Crippen MR) is 93.2 cm³/mol. The fourth-order valence-electron chi connectivity index (χ4n) is 2.33. The summed E-state index contributed by atoms with van der Waals surface area (Å²) in [5.41, 5.74) is 0.930. The highest BCUT2D eigenvalue weighted by Crippen LogP contribution is 2.30. The second-order valence-corrected chi connectivity index (χ2v) is 5.31. The van der Waals surface area contributed by atoms with E-state index >= 15 is 0 Å². The van der Waals surface area contributed by atoms with Crippen molar-refractivity contribution in [2.75, 3.05) is 19.5 Å². The molecule has 0 bridgehead atoms. The van der Waals surface area contributed by atoms with E-state index in [2.05, 4.69) is 15.4 Å². The number of halogens is 2. The number of hydrogen-bond donors (Lipinski definition) is 2. The molecular formula is C18H20F2N2O4. The van der Waals surface area contributed by atoms with Crippen LogP contribution in [-0.4, -0.2) is 26.9 Å². The van der Waals surface area contributed by atoms with Gasteiger partial charge in [-0.2, -0.15) is 8.78 Å². The van der Waals surface area contributed by atoms with Crippen molar-refractivity contribution < 1.29 is 27.8 Å². The Morgan fingerprint density at radius 2 is 1.69 bits per heavy atom. The minimum Gasteiger partial charge on any atom is -0.493 e. The van der Waals surface area contributed by atoms with Gasteiger partial charge < -0.3 is 24.8 Å². The van der Waals surface area contributed by atoms with Crippen molar-refractivity contribution in [3.63, 3.8) is 0 Å². The van der Waals surface area contributed by atoms with Gasteiger partial charge in [-0.25, -0.2) is 4.79 Å². The van der Waals surface area contributed by atoms with Gasteiger partial charge in [-0.15, -0.1) is 0 Å². The summed E-state index contributed by atoms with van der Waals surface area (Å²) in [5, 5.41) is 5.23. The number of carbonyl (C=O) groups excluding carboxylic acids is 1. The predicted octanol–water partition coefficient (Wildman–Crippen LogP) is 4.19. The van der Waals surface area contributed by atoms with Crippen LogP contribution >= 0.6 is 0 Å². The summed E-state index contributed by atoms with van der Waals surface area (Å²) in [7, 11) is 3.05. The molecule has 2 amide bonds. The molecule has 0 heterocycles. The molecule has 2 rings (SSSR count). The first-order valence-corrected chi connectivity index (χ1v) is 7.78. The number of nitrogens with one attached hydrogen (secondary N) is 2. The van der Waals surface area contributed by atoms with E-state index in [1.807, 2.05) is 0 Å². The minimum atomic E-state index is -2.98. The van der Waals surface area contributed by atoms with E-state index in [0.717, 1.165) is 5.56 Å². The van der Waals surface area contributed by atoms with E-state index in [1.54, 1.807) is 31.2 Å². The van der Waals surface area contributed by atoms with Gasteiger partial charge in [0.2, 0.25) is 0 Å². The summed E-state index contributed by atoms with van der Waals surface area (Å²) >= 11 is 0. The van der Waals surface area contributed by atoms with Gasteiger partial charge in [0.15, 0.2) is 11.5 Å². The number of anilines is 1. The van der Waals surface area contributed by atoms with Crippen LogP contribution in [0.2, 0.25) is 0 Å². The SMILES string of the molecule is COc1ccc(C(C)NC(=O)Nc2ccccc2OC(F)F)cc1OC. The molecule has 2 aromatic rings. The van der Waals surface area contributed by atoms with Crippen LogP contribution in [0.15, 0.2) is 42.5 Å². The smallest absolute Gasteiger partial charge is 0.387 e. The number of methoxy groups -OCH3 is 2. The number of amides is 2. The molecule has 0 saturated heterocycles. The van der Waals surface area contributed by atoms with E-state index < -0.39 is 12.6 Å². The Balaban J connectivity index is 2.06. The maximum Gasteiger partial charge on any atom is 0.387 e. The third kappa shape index (κ3) is 4.98. The Bertz CT molecular complexity index is 756. The van der Waals surface area contributed by atoms with Crippen LogP contribution < -0.4 is 24.8 Å². The van der Waals surface area contributed by atoms with Crippen molar-refractivity contribution in [1.29, 1.82) is 0 Å². The third-order valence-electron chi connectivity index (χ3n) is 3.61. The van der Waals surface area contributed by atoms with Crippen LogP contribution in [0.1, 0.15) is 18.5 Å². The van der Waals surface area contributed by atoms with Crippen molar-refractivity contribution in [3.05, 3.63) is 48.0 Å². The number of carbonyl (C=O) groups is 1. The summed E-state index contributed by atoms with van der Waals surface area (Å²) in [4.78, 5) is 12.2. The molecule has 26 heavy (non-hydrogen) atoms. The quantitative estimate of drug-likeness (QED) is 0.771. The fraction of sp³-hybridized carbons (Fsp3) is 0.278. The molecule has 0 aliphatic heterocycles. The molecule has 1 atom stereocenters. The zero-order valence-corrected chi connectivity index (χ0v) is 14.6. The second-order valence-electron chi connectivity index (χ2n) is 5.31. The zero-order chi connectivity index (χ0) is 19.1. The van der Waals surface area contributed by atoms with Gasteiger partial charge in [-0.1, -0.05) is 18.2 Å². The van der Waals surface area contributed by atoms with Crippen molar-refractivity contribution in [2.24, 2.45) is 0 Å². The van der Waals surface area contributed by atoms with Crippen LogP contribution in [0.4, 0.5) is 19.3 Å². The Kier molecular flexibility index (Phi) is 6.60. The first-order valence-electron chi connectivity index (χ1n) is 7.78. The number of rotatable bonds is 7. The number of urea groups is 1. The topological polar surface area (TPSA) is 68.8 Å². The van der Waals surface area contributed by atoms with Gasteiger partial charge in [0.25, 0.3) is 0 Å². The lowest BCUT2D eigenvalue weighted by atomic mass is 10.1. The summed E-state index contributed by atoms with van der Waals surface area (Å²) in [6.07, 6.45) is 0. The Hall–Kier alpha value is -3.03. The standard InChI is InChI=1S/C18H20F2N2O4/c1-11(12-8-9-15(24-2)16(10-12)25-3)21-18(23)22-13-6-4-5-7-14(13)26-17(19)20/h4-11,17H,1-3H3,(H2,21,22,23). The normalized spacial score (nSPS) is 11.6. The summed E-state index contributed by atoms with van der Waals surface area (Å²) in [6.45, 7) is -1.20. The molecule has 2 aromatic carbocycles. The van der Waals surface area contributed by atoms with Crippen molar-refractivity contribution >= 4 is 11.7 Å². The van der Waals surface area contributed by atoms with Crippen LogP contribution in [0, 0.1) is 0 Å². The molecule has 6 nitrogen and oxygen atoms in total. The summed E-state index contributed by atoms with van der Waals surface area (Å²) in [6, 6.07) is 10.3. The lowest BCUT2D eigenvalue weighted by molar-refractivity contribution is -0.0493. The van der Waals surface area contributed by atoms with Gasteiger partial charge in [0.1, 0.15) is 5.75 Å². The Morgan fingerprint density at radius 1 is 1.00 bits per heavy atom. The van der Waals surface area contributed by atoms with Crippen LogP contribution in [-0.2, 0) is 0 Å². The first-order chi connectivity index (χ1) is 12.4. The second kappa shape index (κ2) is 8.89. The monoisotopic (exact) mass is 366 g/mol. The van der Waals surface area contributed by atoms with Crippen molar-refractivity contribution in [1.82, 2.24) is 5.32 Å². The van der Waals surface area contributed by atoms with E-state index in [1.165, 1.54) is 32.4 Å². The summed E-state index contributed by atoms with van der Waals surface area (Å²) < 4.78 is 39.7. The van der Waals surface area contributed by atoms with Gasteiger partial charge in [0.05, 0.1) is 25.9 Å². The fourth-order valence-corrected chi connectivity index (χ4v) is 2.33. The van der Waals surface area contributed by atoms with Crippen molar-refractivity contribution in [2.45, 2.75) is 19.6 Å². The largest absolute Gasteiger partial charge is 0.493 e. The van der Waals surface area contributed by atoms with E-state index in [0.29, 0.717) is 11.5 Å². The van der Waals surface area contributed by atoms with Crippen molar-refractivity contribution in [3.8, 4) is 17.2 Å². The molecule has 0 saturated carbocycles. The number of hydrogen-bond acceptors (Lipinski definition) is 4. The van der Waals surface area contributed by atoms with Gasteiger partial charge in [-0.3, -0.25) is 0 Å². The maximum absolute atomic E-state index is 12.4. The summed E-state index contributed by atoms with van der Waals surface area (Å²) in [5.74, 6) is 0.997. The molecule has 8 heteroatoms. The molecule has 1 unspecified atom stereocenters. The maximum atomic E-state index is 12.4. The molecule has 0 radical (unpaired) electrons. The molecule has 0 aromatic heterocycles. The van der Waals surface area contributed by atoms with Gasteiger partial charge >= 0.3 is 12.6 Å². The highest BCUT2D eigenvalue weighted by atomic mass is 19.3. The Labute approximate surface area is 150 Å². The number of benzene rings is 2. The van der Waals surface area contributed by atoms with Gasteiger partial charge in [-0.05, 0) is 36.8 Å². The molecule has 0 fully saturated rings. The molecule has 0 aliphatic carbocycles. The molecule has 2 N–H and O–H groups in total. The minimum absolute atomic E-state index is 0.114. The number of para-hydroxylation sites is 2. The average molecular weight is 366 g/mol. The van der Waals surface area contributed by atoms with Crippen LogP contribution in [0.25, 0.3) is 0 Å². The number of alkyl halides is 2. The van der Waals surface area contributed by atoms with E-state index in [4.69, 9.17) is 9.47 Å². The Morgan fingerprint density at radius 3 is 2.35 bits per heavy atom. The van der Waals surface area contributed by atoms with Crippen LogP contribution in [0.5, 0.6) is 17.2 Å². The molecule has 0 spiro atoms. The van der Waals surface area contributed by atoms with E-state index in [-0.39, 0.29) is 17.5 Å². The highest BCUT2D eigenvalue weighted by molar-refractivity contribution is 5.91. The van der Waals surface area contributed by atoms with E-state index in [9.17, 15) is 13.6 Å². The molecular weight excluding hydrogens is 346 g/mol. The molecule has 0 aliphatic rings. The van der Waals surface area contributed by atoms with Gasteiger partial charge in [0, 0.05) is 0 Å². The average Bonchev–Trinajstić information content (AvgIpc) is 2.62. The highest BCUT2D eigenvalue weighted by Gasteiger charge is 2.15. The lowest BCUT2D eigenvalue weighted by Crippen LogP contribution is -2.31. The number of ether oxygens (including phenoxy) is 3. The molecule has 140 valence electrons.